The third-order valence-electron chi connectivity index (χ3n) is 4.19. The van der Waals surface area contributed by atoms with Crippen LogP contribution in [0.4, 0.5) is 0 Å². The largest absolute Gasteiger partial charge is 0.299 e. The Hall–Kier alpha value is -1.63. The van der Waals surface area contributed by atoms with Gasteiger partial charge in [-0.05, 0) is 50.7 Å². The fourth-order valence-electron chi connectivity index (χ4n) is 2.80. The van der Waals surface area contributed by atoms with E-state index in [1.807, 2.05) is 19.1 Å². The fraction of sp³-hybridized carbons (Fsp3) is 0.450. The van der Waals surface area contributed by atoms with E-state index >= 15 is 0 Å². The van der Waals surface area contributed by atoms with Gasteiger partial charge in [0.15, 0.2) is 0 Å². The molecule has 1 aliphatic rings. The minimum absolute atomic E-state index is 0.342. The highest BCUT2D eigenvalue weighted by molar-refractivity contribution is 5.66. The summed E-state index contributed by atoms with van der Waals surface area (Å²) < 4.78 is 0. The Balaban J connectivity index is 2.75. The Labute approximate surface area is 129 Å². The van der Waals surface area contributed by atoms with Crippen molar-refractivity contribution >= 4 is 6.29 Å². The Kier molecular flexibility index (Phi) is 6.61. The van der Waals surface area contributed by atoms with Crippen molar-refractivity contribution in [2.45, 2.75) is 47.5 Å². The third-order valence-corrected chi connectivity index (χ3v) is 4.19. The zero-order valence-corrected chi connectivity index (χ0v) is 14.0. The van der Waals surface area contributed by atoms with Gasteiger partial charge < -0.3 is 0 Å². The predicted octanol–water partition coefficient (Wildman–Crippen LogP) is 5.57. The average molecular weight is 284 g/mol. The van der Waals surface area contributed by atoms with Crippen molar-refractivity contribution < 1.29 is 4.79 Å². The van der Waals surface area contributed by atoms with Crippen molar-refractivity contribution in [2.75, 3.05) is 0 Å². The molecule has 1 heteroatoms. The van der Waals surface area contributed by atoms with Crippen LogP contribution in [0.1, 0.15) is 47.5 Å². The van der Waals surface area contributed by atoms with Gasteiger partial charge in [0.05, 0.1) is 0 Å². The number of aldehydes is 1. The predicted molar refractivity (Wildman–Crippen MR) is 92.1 cm³/mol. The van der Waals surface area contributed by atoms with Crippen molar-refractivity contribution in [3.8, 4) is 0 Å². The maximum Gasteiger partial charge on any atom is 0.143 e. The molecule has 0 bridgehead atoms. The summed E-state index contributed by atoms with van der Waals surface area (Å²) in [7, 11) is 0. The molecule has 0 aliphatic heterocycles. The van der Waals surface area contributed by atoms with Gasteiger partial charge >= 0.3 is 0 Å². The zero-order chi connectivity index (χ0) is 15.9. The highest BCUT2D eigenvalue weighted by atomic mass is 16.1. The van der Waals surface area contributed by atoms with Crippen LogP contribution < -0.4 is 0 Å². The molecule has 1 unspecified atom stereocenters. The molecule has 0 heterocycles. The van der Waals surface area contributed by atoms with Crippen LogP contribution in [0, 0.1) is 11.3 Å². The van der Waals surface area contributed by atoms with Crippen molar-refractivity contribution in [1.29, 1.82) is 0 Å². The monoisotopic (exact) mass is 284 g/mol. The Morgan fingerprint density at radius 1 is 1.19 bits per heavy atom. The van der Waals surface area contributed by atoms with E-state index in [2.05, 4.69) is 52.0 Å². The van der Waals surface area contributed by atoms with E-state index in [1.165, 1.54) is 24.0 Å². The molecule has 0 radical (unpaired) electrons. The summed E-state index contributed by atoms with van der Waals surface area (Å²) in [6.45, 7) is 11.0. The summed E-state index contributed by atoms with van der Waals surface area (Å²) in [5, 5.41) is 0. The first kappa shape index (κ1) is 17.4. The quantitative estimate of drug-likeness (QED) is 0.279. The van der Waals surface area contributed by atoms with E-state index in [1.54, 1.807) is 6.08 Å². The number of hydrogen-bond acceptors (Lipinski definition) is 1. The maximum absolute atomic E-state index is 10.3. The minimum atomic E-state index is 0.342. The highest BCUT2D eigenvalue weighted by Gasteiger charge is 2.30. The summed E-state index contributed by atoms with van der Waals surface area (Å²) >= 11 is 0. The molecular weight excluding hydrogens is 256 g/mol. The van der Waals surface area contributed by atoms with Crippen molar-refractivity contribution in [3.05, 3.63) is 59.3 Å². The lowest BCUT2D eigenvalue weighted by Crippen LogP contribution is -2.26. The lowest BCUT2D eigenvalue weighted by atomic mass is 9.68. The molecule has 0 aromatic carbocycles. The average Bonchev–Trinajstić information content (AvgIpc) is 2.37. The third kappa shape index (κ3) is 5.71. The lowest BCUT2D eigenvalue weighted by Gasteiger charge is -2.36. The van der Waals surface area contributed by atoms with Crippen molar-refractivity contribution in [1.82, 2.24) is 0 Å². The number of carbonyl (C=O) groups excluding carboxylic acids is 1. The molecule has 0 aromatic rings. The minimum Gasteiger partial charge on any atom is -0.299 e. The van der Waals surface area contributed by atoms with Crippen LogP contribution in [0.2, 0.25) is 0 Å². The molecule has 0 spiro atoms. The Morgan fingerprint density at radius 2 is 1.86 bits per heavy atom. The number of carbonyl (C=O) groups is 1. The first-order chi connectivity index (χ1) is 9.86. The second kappa shape index (κ2) is 7.97. The molecule has 0 N–H and O–H groups in total. The molecule has 21 heavy (non-hydrogen) atoms. The van der Waals surface area contributed by atoms with E-state index in [-0.39, 0.29) is 0 Å². The lowest BCUT2D eigenvalue weighted by molar-refractivity contribution is -0.104. The highest BCUT2D eigenvalue weighted by Crippen LogP contribution is 2.41. The second-order valence-electron chi connectivity index (χ2n) is 6.63. The first-order valence-electron chi connectivity index (χ1n) is 7.68. The van der Waals surface area contributed by atoms with Gasteiger partial charge in [0.1, 0.15) is 6.29 Å². The van der Waals surface area contributed by atoms with Crippen molar-refractivity contribution in [2.24, 2.45) is 11.3 Å². The van der Waals surface area contributed by atoms with E-state index in [0.29, 0.717) is 11.3 Å². The van der Waals surface area contributed by atoms with Gasteiger partial charge in [0.25, 0.3) is 0 Å². The van der Waals surface area contributed by atoms with Crippen LogP contribution in [0.3, 0.4) is 0 Å². The molecule has 1 aliphatic carbocycles. The Morgan fingerprint density at radius 3 is 2.48 bits per heavy atom. The van der Waals surface area contributed by atoms with Crippen LogP contribution in [0.15, 0.2) is 59.3 Å². The van der Waals surface area contributed by atoms with E-state index in [0.717, 1.165) is 11.9 Å². The molecule has 1 atom stereocenters. The normalized spacial score (nSPS) is 23.7. The molecular formula is C20H28O. The van der Waals surface area contributed by atoms with E-state index < -0.39 is 0 Å². The molecule has 0 saturated carbocycles. The molecule has 1 nitrogen and oxygen atoms in total. The number of hydrogen-bond donors (Lipinski definition) is 0. The van der Waals surface area contributed by atoms with Gasteiger partial charge in [-0.3, -0.25) is 4.79 Å². The summed E-state index contributed by atoms with van der Waals surface area (Å²) in [5.74, 6) is 0.523. The van der Waals surface area contributed by atoms with Crippen LogP contribution >= 0.6 is 0 Å². The zero-order valence-electron chi connectivity index (χ0n) is 14.0. The molecule has 114 valence electrons. The summed E-state index contributed by atoms with van der Waals surface area (Å²) in [6.07, 6.45) is 17.7. The van der Waals surface area contributed by atoms with Crippen LogP contribution in [0.25, 0.3) is 0 Å². The molecule has 0 aromatic heterocycles. The van der Waals surface area contributed by atoms with Gasteiger partial charge in [-0.15, -0.1) is 0 Å². The van der Waals surface area contributed by atoms with E-state index in [4.69, 9.17) is 0 Å². The van der Waals surface area contributed by atoms with Crippen molar-refractivity contribution in [3.63, 3.8) is 0 Å². The molecule has 1 rings (SSSR count). The maximum atomic E-state index is 10.3. The number of allylic oxidation sites excluding steroid dienone is 10. The molecule has 0 saturated heterocycles. The summed E-state index contributed by atoms with van der Waals surface area (Å²) in [4.78, 5) is 10.3. The van der Waals surface area contributed by atoms with Gasteiger partial charge in [-0.2, -0.15) is 0 Å². The smallest absolute Gasteiger partial charge is 0.143 e. The van der Waals surface area contributed by atoms with Crippen LogP contribution in [-0.2, 0) is 4.79 Å². The van der Waals surface area contributed by atoms with Gasteiger partial charge in [0, 0.05) is 5.92 Å². The van der Waals surface area contributed by atoms with Gasteiger partial charge in [-0.1, -0.05) is 61.4 Å². The van der Waals surface area contributed by atoms with E-state index in [9.17, 15) is 4.79 Å². The standard InChI is InChI=1S/C20H28O/c1-16(8-6-9-17(2)13-15-21)11-12-19-18(3)10-7-14-20(19,4)5/h6,8-13,15,19H,7,14H2,1-5H3/b9-6+,12-11+,16-8+,17-13+. The van der Waals surface area contributed by atoms with Crippen LogP contribution in [-0.4, -0.2) is 6.29 Å². The van der Waals surface area contributed by atoms with Crippen LogP contribution in [0.5, 0.6) is 0 Å². The van der Waals surface area contributed by atoms with Gasteiger partial charge in [0.2, 0.25) is 0 Å². The topological polar surface area (TPSA) is 17.1 Å². The second-order valence-corrected chi connectivity index (χ2v) is 6.63. The molecule has 0 amide bonds. The van der Waals surface area contributed by atoms with Gasteiger partial charge in [-0.25, -0.2) is 0 Å². The molecule has 0 fully saturated rings. The number of rotatable bonds is 5. The SMILES string of the molecule is CC1=CCCC(C)(C)C1/C=C/C(C)=C/C=C/C(C)=C/C=O. The first-order valence-corrected chi connectivity index (χ1v) is 7.68. The summed E-state index contributed by atoms with van der Waals surface area (Å²) in [5.41, 5.74) is 4.01. The fourth-order valence-corrected chi connectivity index (χ4v) is 2.80. The Bertz CT molecular complexity index is 510. The summed E-state index contributed by atoms with van der Waals surface area (Å²) in [6, 6.07) is 0.